The lowest BCUT2D eigenvalue weighted by Crippen LogP contribution is -2.27. The molecule has 1 N–H and O–H groups in total. The van der Waals surface area contributed by atoms with Crippen molar-refractivity contribution in [3.8, 4) is 6.07 Å². The third-order valence-corrected chi connectivity index (χ3v) is 2.65. The highest BCUT2D eigenvalue weighted by atomic mass is 16.5. The molecular weight excluding hydrogens is 202 g/mol. The van der Waals surface area contributed by atoms with Gasteiger partial charge in [0.05, 0.1) is 6.10 Å². The van der Waals surface area contributed by atoms with Gasteiger partial charge in [-0.05, 0) is 31.4 Å². The first-order valence-electron chi connectivity index (χ1n) is 5.61. The number of hydrogen-bond donors (Lipinski definition) is 1. The maximum Gasteiger partial charge on any atom is 0.142 e. The Labute approximate surface area is 95.3 Å². The molecule has 84 valence electrons. The molecule has 1 aliphatic rings. The summed E-state index contributed by atoms with van der Waals surface area (Å²) in [5.41, 5.74) is 0.439. The fourth-order valence-corrected chi connectivity index (χ4v) is 1.78. The number of anilines is 1. The molecule has 1 atom stereocenters. The van der Waals surface area contributed by atoms with Crippen LogP contribution in [0.3, 0.4) is 0 Å². The number of nitriles is 1. The Bertz CT molecular complexity index is 380. The molecule has 0 spiro atoms. The number of rotatable bonds is 3. The molecule has 4 heteroatoms. The first kappa shape index (κ1) is 10.9. The van der Waals surface area contributed by atoms with Crippen molar-refractivity contribution in [1.29, 1.82) is 5.26 Å². The first-order valence-corrected chi connectivity index (χ1v) is 5.61. The summed E-state index contributed by atoms with van der Waals surface area (Å²) in [6, 6.07) is 7.41. The Kier molecular flexibility index (Phi) is 3.73. The van der Waals surface area contributed by atoms with E-state index in [1.54, 1.807) is 6.07 Å². The van der Waals surface area contributed by atoms with Crippen LogP contribution in [0.2, 0.25) is 0 Å². The van der Waals surface area contributed by atoms with E-state index in [-0.39, 0.29) is 6.10 Å². The Hall–Kier alpha value is -1.60. The van der Waals surface area contributed by atoms with Crippen molar-refractivity contribution >= 4 is 5.82 Å². The molecule has 0 amide bonds. The van der Waals surface area contributed by atoms with E-state index in [2.05, 4.69) is 10.3 Å². The molecule has 2 rings (SSSR count). The summed E-state index contributed by atoms with van der Waals surface area (Å²) in [5, 5.41) is 11.9. The molecule has 1 saturated heterocycles. The lowest BCUT2D eigenvalue weighted by Gasteiger charge is -2.22. The summed E-state index contributed by atoms with van der Waals surface area (Å²) in [5.74, 6) is 0.744. The molecule has 0 saturated carbocycles. The van der Waals surface area contributed by atoms with Crippen LogP contribution in [0.25, 0.3) is 0 Å². The normalized spacial score (nSPS) is 20.1. The number of ether oxygens (including phenoxy) is 1. The molecule has 4 nitrogen and oxygen atoms in total. The van der Waals surface area contributed by atoms with Crippen molar-refractivity contribution in [2.75, 3.05) is 18.5 Å². The molecule has 0 bridgehead atoms. The van der Waals surface area contributed by atoms with Crippen LogP contribution in [0.4, 0.5) is 5.82 Å². The van der Waals surface area contributed by atoms with Gasteiger partial charge < -0.3 is 10.1 Å². The van der Waals surface area contributed by atoms with Crippen molar-refractivity contribution in [1.82, 2.24) is 4.98 Å². The summed E-state index contributed by atoms with van der Waals surface area (Å²) in [4.78, 5) is 4.15. The van der Waals surface area contributed by atoms with Gasteiger partial charge in [0.1, 0.15) is 17.6 Å². The van der Waals surface area contributed by atoms with E-state index in [9.17, 15) is 0 Å². The summed E-state index contributed by atoms with van der Waals surface area (Å²) in [7, 11) is 0. The molecular formula is C12H15N3O. The van der Waals surface area contributed by atoms with E-state index in [0.717, 1.165) is 25.4 Å². The third-order valence-electron chi connectivity index (χ3n) is 2.65. The predicted octanol–water partition coefficient (Wildman–Crippen LogP) is 1.93. The fourth-order valence-electron chi connectivity index (χ4n) is 1.78. The summed E-state index contributed by atoms with van der Waals surface area (Å²) >= 11 is 0. The summed E-state index contributed by atoms with van der Waals surface area (Å²) < 4.78 is 5.60. The van der Waals surface area contributed by atoms with Gasteiger partial charge in [-0.2, -0.15) is 5.26 Å². The van der Waals surface area contributed by atoms with Gasteiger partial charge in [-0.3, -0.25) is 0 Å². The smallest absolute Gasteiger partial charge is 0.142 e. The zero-order valence-corrected chi connectivity index (χ0v) is 9.15. The molecule has 1 aromatic heterocycles. The standard InChI is InChI=1S/C12H15N3O/c13-8-10-4-3-6-12(15-10)14-9-11-5-1-2-7-16-11/h3-4,6,11H,1-2,5,7,9H2,(H,14,15). The van der Waals surface area contributed by atoms with Crippen LogP contribution < -0.4 is 5.32 Å². The van der Waals surface area contributed by atoms with Crippen molar-refractivity contribution in [3.63, 3.8) is 0 Å². The topological polar surface area (TPSA) is 57.9 Å². The van der Waals surface area contributed by atoms with Crippen LogP contribution in [-0.2, 0) is 4.74 Å². The number of hydrogen-bond acceptors (Lipinski definition) is 4. The largest absolute Gasteiger partial charge is 0.376 e. The van der Waals surface area contributed by atoms with Gasteiger partial charge in [-0.15, -0.1) is 0 Å². The highest BCUT2D eigenvalue weighted by molar-refractivity contribution is 5.38. The summed E-state index contributed by atoms with van der Waals surface area (Å²) in [6.07, 6.45) is 3.78. The second-order valence-electron chi connectivity index (χ2n) is 3.89. The van der Waals surface area contributed by atoms with E-state index in [1.165, 1.54) is 12.8 Å². The molecule has 1 unspecified atom stereocenters. The second kappa shape index (κ2) is 5.47. The monoisotopic (exact) mass is 217 g/mol. The number of nitrogens with one attached hydrogen (secondary N) is 1. The highest BCUT2D eigenvalue weighted by Crippen LogP contribution is 2.13. The maximum atomic E-state index is 8.71. The van der Waals surface area contributed by atoms with E-state index in [1.807, 2.05) is 18.2 Å². The number of pyridine rings is 1. The Balaban J connectivity index is 1.86. The van der Waals surface area contributed by atoms with Gasteiger partial charge in [0, 0.05) is 13.2 Å². The van der Waals surface area contributed by atoms with Crippen molar-refractivity contribution in [2.45, 2.75) is 25.4 Å². The van der Waals surface area contributed by atoms with Crippen molar-refractivity contribution < 1.29 is 4.74 Å². The van der Waals surface area contributed by atoms with E-state index >= 15 is 0 Å². The molecule has 1 aromatic rings. The zero-order valence-electron chi connectivity index (χ0n) is 9.15. The van der Waals surface area contributed by atoms with Gasteiger partial charge in [-0.1, -0.05) is 6.07 Å². The second-order valence-corrected chi connectivity index (χ2v) is 3.89. The Morgan fingerprint density at radius 3 is 3.19 bits per heavy atom. The molecule has 0 radical (unpaired) electrons. The van der Waals surface area contributed by atoms with Gasteiger partial charge >= 0.3 is 0 Å². The van der Waals surface area contributed by atoms with Gasteiger partial charge in [-0.25, -0.2) is 4.98 Å². The zero-order chi connectivity index (χ0) is 11.2. The van der Waals surface area contributed by atoms with Crippen LogP contribution >= 0.6 is 0 Å². The number of aromatic nitrogens is 1. The molecule has 0 aromatic carbocycles. The van der Waals surface area contributed by atoms with Gasteiger partial charge in [0.25, 0.3) is 0 Å². The highest BCUT2D eigenvalue weighted by Gasteiger charge is 2.13. The predicted molar refractivity (Wildman–Crippen MR) is 61.0 cm³/mol. The number of nitrogens with zero attached hydrogens (tertiary/aromatic N) is 2. The van der Waals surface area contributed by atoms with E-state index in [4.69, 9.17) is 10.00 Å². The maximum absolute atomic E-state index is 8.71. The lowest BCUT2D eigenvalue weighted by molar-refractivity contribution is 0.0247. The Morgan fingerprint density at radius 1 is 1.50 bits per heavy atom. The van der Waals surface area contributed by atoms with Crippen LogP contribution in [0.1, 0.15) is 25.0 Å². The average molecular weight is 217 g/mol. The minimum absolute atomic E-state index is 0.279. The quantitative estimate of drug-likeness (QED) is 0.840. The van der Waals surface area contributed by atoms with Crippen LogP contribution in [0, 0.1) is 11.3 Å². The summed E-state index contributed by atoms with van der Waals surface area (Å²) in [6.45, 7) is 1.62. The van der Waals surface area contributed by atoms with E-state index < -0.39 is 0 Å². The van der Waals surface area contributed by atoms with Gasteiger partial charge in [0.15, 0.2) is 0 Å². The third kappa shape index (κ3) is 2.94. The SMILES string of the molecule is N#Cc1cccc(NCC2CCCCO2)n1. The first-order chi connectivity index (χ1) is 7.88. The minimum atomic E-state index is 0.279. The van der Waals surface area contributed by atoms with E-state index in [0.29, 0.717) is 5.69 Å². The van der Waals surface area contributed by atoms with Crippen LogP contribution in [-0.4, -0.2) is 24.2 Å². The van der Waals surface area contributed by atoms with Crippen LogP contribution in [0.15, 0.2) is 18.2 Å². The molecule has 0 aliphatic carbocycles. The van der Waals surface area contributed by atoms with Crippen molar-refractivity contribution in [2.24, 2.45) is 0 Å². The molecule has 2 heterocycles. The van der Waals surface area contributed by atoms with Crippen molar-refractivity contribution in [3.05, 3.63) is 23.9 Å². The molecule has 1 aliphatic heterocycles. The fraction of sp³-hybridized carbons (Fsp3) is 0.500. The molecule has 1 fully saturated rings. The minimum Gasteiger partial charge on any atom is -0.376 e. The average Bonchev–Trinajstić information content (AvgIpc) is 2.38. The molecule has 16 heavy (non-hydrogen) atoms. The Morgan fingerprint density at radius 2 is 2.44 bits per heavy atom. The lowest BCUT2D eigenvalue weighted by atomic mass is 10.1. The van der Waals surface area contributed by atoms with Crippen LogP contribution in [0.5, 0.6) is 0 Å². The van der Waals surface area contributed by atoms with Gasteiger partial charge in [0.2, 0.25) is 0 Å².